The van der Waals surface area contributed by atoms with Crippen molar-refractivity contribution in [1.82, 2.24) is 14.7 Å². The molecule has 1 unspecified atom stereocenters. The lowest BCUT2D eigenvalue weighted by atomic mass is 9.73. The molecule has 5 aliphatic heterocycles. The van der Waals surface area contributed by atoms with Crippen molar-refractivity contribution in [2.24, 2.45) is 11.8 Å². The fraction of sp³-hybridized carbons (Fsp3) is 0.741. The minimum Gasteiger partial charge on any atom is -0.461 e. The Morgan fingerprint density at radius 3 is 2.54 bits per heavy atom. The van der Waals surface area contributed by atoms with Crippen LogP contribution in [0.15, 0.2) is 24.3 Å². The van der Waals surface area contributed by atoms with Crippen molar-refractivity contribution in [2.75, 3.05) is 65.7 Å². The van der Waals surface area contributed by atoms with Crippen molar-refractivity contribution < 1.29 is 33.7 Å². The van der Waals surface area contributed by atoms with Gasteiger partial charge in [-0.2, -0.15) is 0 Å². The monoisotopic (exact) mass is 517 g/mol. The van der Waals surface area contributed by atoms with Gasteiger partial charge < -0.3 is 29.1 Å². The van der Waals surface area contributed by atoms with Gasteiger partial charge in [-0.15, -0.1) is 0 Å². The molecule has 10 nitrogen and oxygen atoms in total. The molecule has 5 aliphatic rings. The second kappa shape index (κ2) is 10.8. The van der Waals surface area contributed by atoms with E-state index in [1.807, 2.05) is 30.1 Å². The Kier molecular flexibility index (Phi) is 7.72. The fourth-order valence-corrected chi connectivity index (χ4v) is 6.74. The van der Waals surface area contributed by atoms with Crippen LogP contribution in [0.3, 0.4) is 0 Å². The molecule has 5 rings (SSSR count). The number of amides is 2. The molecule has 0 aromatic carbocycles. The molecule has 5 heterocycles. The number of rotatable bonds is 9. The molecular formula is C27H39N3O7. The average molecular weight is 518 g/mol. The number of aliphatic hydroxyl groups is 1. The Balaban J connectivity index is 1.48. The minimum atomic E-state index is -1.24. The number of fused-ring (bicyclic) bond motifs is 2. The van der Waals surface area contributed by atoms with E-state index in [0.717, 1.165) is 26.1 Å². The van der Waals surface area contributed by atoms with Crippen LogP contribution < -0.4 is 0 Å². The summed E-state index contributed by atoms with van der Waals surface area (Å²) in [5, 5.41) is 9.21. The number of carbonyl (C=O) groups is 3. The lowest BCUT2D eigenvalue weighted by molar-refractivity contribution is -0.159. The second-order valence-electron chi connectivity index (χ2n) is 10.6. The van der Waals surface area contributed by atoms with E-state index in [1.165, 1.54) is 0 Å². The Morgan fingerprint density at radius 2 is 1.78 bits per heavy atom. The van der Waals surface area contributed by atoms with Gasteiger partial charge in [-0.25, -0.2) is 0 Å². The highest BCUT2D eigenvalue weighted by Gasteiger charge is 2.75. The summed E-state index contributed by atoms with van der Waals surface area (Å²) in [4.78, 5) is 47.3. The summed E-state index contributed by atoms with van der Waals surface area (Å²) in [5.41, 5.74) is -2.23. The van der Waals surface area contributed by atoms with Gasteiger partial charge in [0.25, 0.3) is 0 Å². The molecule has 0 aromatic heterocycles. The molecule has 0 aromatic rings. The summed E-state index contributed by atoms with van der Waals surface area (Å²) in [6.07, 6.45) is 9.97. The highest BCUT2D eigenvalue weighted by molar-refractivity contribution is 5.99. The highest BCUT2D eigenvalue weighted by atomic mass is 16.6. The Bertz CT molecular complexity index is 948. The van der Waals surface area contributed by atoms with Crippen LogP contribution in [0.4, 0.5) is 0 Å². The summed E-state index contributed by atoms with van der Waals surface area (Å²) in [5.74, 6) is -2.46. The summed E-state index contributed by atoms with van der Waals surface area (Å²) >= 11 is 0. The van der Waals surface area contributed by atoms with Crippen LogP contribution in [-0.2, 0) is 28.6 Å². The third-order valence-corrected chi connectivity index (χ3v) is 8.63. The molecule has 3 fully saturated rings. The molecule has 0 bridgehead atoms. The Labute approximate surface area is 218 Å². The van der Waals surface area contributed by atoms with E-state index in [0.29, 0.717) is 52.1 Å². The number of hydrogen-bond donors (Lipinski definition) is 1. The predicted octanol–water partition coefficient (Wildman–Crippen LogP) is 0.354. The third-order valence-electron chi connectivity index (χ3n) is 8.63. The molecule has 5 atom stereocenters. The molecule has 1 spiro atoms. The average Bonchev–Trinajstić information content (AvgIpc) is 3.18. The van der Waals surface area contributed by atoms with Crippen molar-refractivity contribution in [1.29, 1.82) is 0 Å². The molecule has 0 aliphatic carbocycles. The number of cyclic esters (lactones) is 1. The number of ether oxygens (including phenoxy) is 3. The van der Waals surface area contributed by atoms with Crippen LogP contribution in [-0.4, -0.2) is 121 Å². The van der Waals surface area contributed by atoms with Crippen LogP contribution in [0.25, 0.3) is 0 Å². The molecule has 1 N–H and O–H groups in total. The largest absolute Gasteiger partial charge is 0.461 e. The topological polar surface area (TPSA) is 109 Å². The lowest BCUT2D eigenvalue weighted by Gasteiger charge is -2.38. The van der Waals surface area contributed by atoms with E-state index in [1.54, 1.807) is 11.0 Å². The molecule has 2 amide bonds. The highest BCUT2D eigenvalue weighted by Crippen LogP contribution is 2.58. The molecule has 204 valence electrons. The number of morpholine rings is 1. The molecule has 10 heteroatoms. The lowest BCUT2D eigenvalue weighted by Crippen LogP contribution is -2.57. The van der Waals surface area contributed by atoms with Gasteiger partial charge in [0.15, 0.2) is 0 Å². The first-order chi connectivity index (χ1) is 18.0. The van der Waals surface area contributed by atoms with Crippen LogP contribution in [0, 0.1) is 11.8 Å². The number of hydrogen-bond acceptors (Lipinski definition) is 8. The third kappa shape index (κ3) is 4.51. The first-order valence-corrected chi connectivity index (χ1v) is 13.7. The molecule has 0 saturated carbocycles. The van der Waals surface area contributed by atoms with Crippen LogP contribution in [0.5, 0.6) is 0 Å². The standard InChI is InChI=1S/C27H39N3O7/c1-2-26-8-7-17-36-25(34)21(26)20-23(32)30(11-4-3-5-16-31)22-24(33)29(10-6-9-27(20,22)37-26)13-12-28-14-18-35-19-15-28/h6-9,20-22,31H,2-5,10-19H2,1H3/t20-,21+,22?,26-,27-/m0/s1. The van der Waals surface area contributed by atoms with Gasteiger partial charge in [0.2, 0.25) is 11.8 Å². The first kappa shape index (κ1) is 26.3. The zero-order valence-corrected chi connectivity index (χ0v) is 21.7. The Morgan fingerprint density at radius 1 is 0.973 bits per heavy atom. The van der Waals surface area contributed by atoms with E-state index >= 15 is 0 Å². The number of carbonyl (C=O) groups excluding carboxylic acids is 3. The molecular weight excluding hydrogens is 478 g/mol. The smallest absolute Gasteiger partial charge is 0.313 e. The summed E-state index contributed by atoms with van der Waals surface area (Å²) in [6, 6.07) is -0.848. The first-order valence-electron chi connectivity index (χ1n) is 13.7. The van der Waals surface area contributed by atoms with Crippen molar-refractivity contribution in [3.63, 3.8) is 0 Å². The van der Waals surface area contributed by atoms with E-state index in [2.05, 4.69) is 4.90 Å². The van der Waals surface area contributed by atoms with Crippen molar-refractivity contribution >= 4 is 17.8 Å². The van der Waals surface area contributed by atoms with E-state index in [-0.39, 0.29) is 25.0 Å². The predicted molar refractivity (Wildman–Crippen MR) is 133 cm³/mol. The minimum absolute atomic E-state index is 0.0866. The van der Waals surface area contributed by atoms with Gasteiger partial charge in [-0.1, -0.05) is 25.2 Å². The Hall–Kier alpha value is -2.27. The van der Waals surface area contributed by atoms with Gasteiger partial charge in [-0.3, -0.25) is 19.3 Å². The zero-order valence-electron chi connectivity index (χ0n) is 21.7. The summed E-state index contributed by atoms with van der Waals surface area (Å²) in [7, 11) is 0. The van der Waals surface area contributed by atoms with Gasteiger partial charge >= 0.3 is 5.97 Å². The number of nitrogens with zero attached hydrogens (tertiary/aromatic N) is 3. The van der Waals surface area contributed by atoms with Crippen LogP contribution in [0.2, 0.25) is 0 Å². The maximum absolute atomic E-state index is 14.2. The van der Waals surface area contributed by atoms with E-state index in [4.69, 9.17) is 14.2 Å². The summed E-state index contributed by atoms with van der Waals surface area (Å²) < 4.78 is 17.8. The molecule has 3 saturated heterocycles. The van der Waals surface area contributed by atoms with E-state index < -0.39 is 35.0 Å². The van der Waals surface area contributed by atoms with Crippen LogP contribution >= 0.6 is 0 Å². The van der Waals surface area contributed by atoms with Crippen molar-refractivity contribution in [2.45, 2.75) is 49.9 Å². The second-order valence-corrected chi connectivity index (χ2v) is 10.6. The van der Waals surface area contributed by atoms with Gasteiger partial charge in [0.1, 0.15) is 29.8 Å². The number of esters is 1. The SMILES string of the molecule is CC[C@]12C=CCOC(=O)[C@H]1[C@H]1C(=O)N(CCCCCO)C3C(=O)N(CCN4CCOCC4)CC=C[C@@]31O2. The zero-order chi connectivity index (χ0) is 26.0. The summed E-state index contributed by atoms with van der Waals surface area (Å²) in [6.45, 7) is 7.29. The van der Waals surface area contributed by atoms with Gasteiger partial charge in [-0.05, 0) is 31.8 Å². The van der Waals surface area contributed by atoms with Crippen LogP contribution in [0.1, 0.15) is 32.6 Å². The van der Waals surface area contributed by atoms with Crippen molar-refractivity contribution in [3.8, 4) is 0 Å². The van der Waals surface area contributed by atoms with Gasteiger partial charge in [0, 0.05) is 45.9 Å². The number of unbranched alkanes of at least 4 members (excludes halogenated alkanes) is 2. The quantitative estimate of drug-likeness (QED) is 0.265. The van der Waals surface area contributed by atoms with Gasteiger partial charge in [0.05, 0.1) is 19.1 Å². The normalized spacial score (nSPS) is 35.7. The maximum Gasteiger partial charge on any atom is 0.313 e. The molecule has 0 radical (unpaired) electrons. The fourth-order valence-electron chi connectivity index (χ4n) is 6.74. The number of aliphatic hydroxyl groups excluding tert-OH is 1. The maximum atomic E-state index is 14.2. The van der Waals surface area contributed by atoms with E-state index in [9.17, 15) is 19.5 Å². The van der Waals surface area contributed by atoms with Crippen molar-refractivity contribution in [3.05, 3.63) is 24.3 Å². The molecule has 37 heavy (non-hydrogen) atoms. The number of likely N-dealkylation sites (tertiary alicyclic amines) is 1.